The summed E-state index contributed by atoms with van der Waals surface area (Å²) in [4.78, 5) is 2.27. The van der Waals surface area contributed by atoms with Crippen LogP contribution in [0.15, 0.2) is 127 Å². The molecule has 0 atom stereocenters. The van der Waals surface area contributed by atoms with E-state index >= 15 is 0 Å². The number of rotatable bonds is 5. The number of fused-ring (bicyclic) bond motifs is 1. The van der Waals surface area contributed by atoms with Crippen molar-refractivity contribution in [3.8, 4) is 33.8 Å². The van der Waals surface area contributed by atoms with E-state index < -0.39 is 0 Å². The smallest absolute Gasteiger partial charge is 0.123 e. The van der Waals surface area contributed by atoms with E-state index in [4.69, 9.17) is 0 Å². The Morgan fingerprint density at radius 3 is 1.95 bits per heavy atom. The number of aryl methyl sites for hydroxylation is 2. The molecular formula is C36H29NO2. The van der Waals surface area contributed by atoms with Crippen LogP contribution in [-0.2, 0) is 0 Å². The van der Waals surface area contributed by atoms with Gasteiger partial charge in [0.25, 0.3) is 0 Å². The molecule has 0 unspecified atom stereocenters. The highest BCUT2D eigenvalue weighted by molar-refractivity contribution is 5.99. The standard InChI is InChI=1S/C36H29NO2/c1-24-21-30(38)19-20-31(24)33-23-34(36(39)22-25(33)2)27-15-17-29(18-16-27)37(28-11-4-3-5-12-28)35-14-8-10-26-9-6-7-13-32(26)35/h3-23,38-39H,1-2H3. The van der Waals surface area contributed by atoms with E-state index in [1.54, 1.807) is 12.1 Å². The number of phenolic OH excluding ortho intramolecular Hbond substituents is 2. The molecule has 0 bridgehead atoms. The van der Waals surface area contributed by atoms with E-state index in [-0.39, 0.29) is 11.5 Å². The molecule has 3 heteroatoms. The third-order valence-corrected chi connectivity index (χ3v) is 7.30. The van der Waals surface area contributed by atoms with Crippen molar-refractivity contribution in [2.24, 2.45) is 0 Å². The van der Waals surface area contributed by atoms with Crippen molar-refractivity contribution in [2.45, 2.75) is 13.8 Å². The van der Waals surface area contributed by atoms with Gasteiger partial charge in [0.15, 0.2) is 0 Å². The van der Waals surface area contributed by atoms with Crippen LogP contribution in [0.1, 0.15) is 11.1 Å². The van der Waals surface area contributed by atoms with Gasteiger partial charge in [-0.15, -0.1) is 0 Å². The maximum absolute atomic E-state index is 10.9. The van der Waals surface area contributed by atoms with Crippen molar-refractivity contribution >= 4 is 27.8 Å². The maximum atomic E-state index is 10.9. The highest BCUT2D eigenvalue weighted by Gasteiger charge is 2.17. The van der Waals surface area contributed by atoms with Gasteiger partial charge in [-0.2, -0.15) is 0 Å². The topological polar surface area (TPSA) is 43.7 Å². The lowest BCUT2D eigenvalue weighted by molar-refractivity contribution is 0.474. The average Bonchev–Trinajstić information content (AvgIpc) is 2.95. The summed E-state index contributed by atoms with van der Waals surface area (Å²) < 4.78 is 0. The van der Waals surface area contributed by atoms with Gasteiger partial charge in [-0.05, 0) is 102 Å². The predicted octanol–water partition coefficient (Wildman–Crippen LogP) is 9.67. The minimum absolute atomic E-state index is 0.245. The molecule has 0 aliphatic rings. The van der Waals surface area contributed by atoms with Crippen LogP contribution in [0.4, 0.5) is 17.1 Å². The average molecular weight is 508 g/mol. The third kappa shape index (κ3) is 4.60. The summed E-state index contributed by atoms with van der Waals surface area (Å²) in [5, 5.41) is 23.2. The quantitative estimate of drug-likeness (QED) is 0.244. The Balaban J connectivity index is 1.45. The van der Waals surface area contributed by atoms with Crippen LogP contribution in [-0.4, -0.2) is 10.2 Å². The van der Waals surface area contributed by atoms with Gasteiger partial charge in [0.1, 0.15) is 11.5 Å². The fourth-order valence-corrected chi connectivity index (χ4v) is 5.36. The molecule has 0 saturated carbocycles. The number of benzene rings is 6. The van der Waals surface area contributed by atoms with Crippen LogP contribution in [0.25, 0.3) is 33.0 Å². The van der Waals surface area contributed by atoms with Gasteiger partial charge in [-0.1, -0.05) is 72.8 Å². The molecule has 0 aliphatic heterocycles. The van der Waals surface area contributed by atoms with Gasteiger partial charge in [0, 0.05) is 22.3 Å². The van der Waals surface area contributed by atoms with Gasteiger partial charge in [0.05, 0.1) is 5.69 Å². The van der Waals surface area contributed by atoms with Crippen molar-refractivity contribution in [1.82, 2.24) is 0 Å². The molecule has 0 aliphatic carbocycles. The molecular weight excluding hydrogens is 478 g/mol. The highest BCUT2D eigenvalue weighted by atomic mass is 16.3. The Labute approximate surface area is 228 Å². The minimum atomic E-state index is 0.245. The van der Waals surface area contributed by atoms with Crippen LogP contribution in [0.5, 0.6) is 11.5 Å². The summed E-state index contributed by atoms with van der Waals surface area (Å²) in [6.07, 6.45) is 0. The number of nitrogens with zero attached hydrogens (tertiary/aromatic N) is 1. The Hall–Kier alpha value is -5.02. The Morgan fingerprint density at radius 2 is 1.18 bits per heavy atom. The van der Waals surface area contributed by atoms with Crippen LogP contribution in [0.3, 0.4) is 0 Å². The number of phenols is 2. The van der Waals surface area contributed by atoms with E-state index in [9.17, 15) is 10.2 Å². The monoisotopic (exact) mass is 507 g/mol. The lowest BCUT2D eigenvalue weighted by Crippen LogP contribution is -2.10. The molecule has 0 radical (unpaired) electrons. The lowest BCUT2D eigenvalue weighted by atomic mass is 9.92. The molecule has 0 spiro atoms. The van der Waals surface area contributed by atoms with E-state index in [0.717, 1.165) is 50.4 Å². The van der Waals surface area contributed by atoms with Crippen LogP contribution >= 0.6 is 0 Å². The summed E-state index contributed by atoms with van der Waals surface area (Å²) in [6.45, 7) is 3.98. The van der Waals surface area contributed by atoms with Crippen molar-refractivity contribution in [3.63, 3.8) is 0 Å². The number of aromatic hydroxyl groups is 2. The SMILES string of the molecule is Cc1cc(O)ccc1-c1cc(-c2ccc(N(c3ccccc3)c3cccc4ccccc34)cc2)c(O)cc1C. The van der Waals surface area contributed by atoms with Crippen molar-refractivity contribution in [2.75, 3.05) is 4.90 Å². The second-order valence-electron chi connectivity index (χ2n) is 9.90. The molecule has 6 aromatic rings. The van der Waals surface area contributed by atoms with Crippen molar-refractivity contribution in [1.29, 1.82) is 0 Å². The second kappa shape index (κ2) is 10.0. The Bertz CT molecular complexity index is 1780. The van der Waals surface area contributed by atoms with Crippen molar-refractivity contribution < 1.29 is 10.2 Å². The van der Waals surface area contributed by atoms with Crippen molar-refractivity contribution in [3.05, 3.63) is 139 Å². The summed E-state index contributed by atoms with van der Waals surface area (Å²) in [7, 11) is 0. The first-order chi connectivity index (χ1) is 19.0. The fourth-order valence-electron chi connectivity index (χ4n) is 5.36. The van der Waals surface area contributed by atoms with Gasteiger partial charge >= 0.3 is 0 Å². The minimum Gasteiger partial charge on any atom is -0.508 e. The van der Waals surface area contributed by atoms with Crippen LogP contribution in [0.2, 0.25) is 0 Å². The molecule has 39 heavy (non-hydrogen) atoms. The Morgan fingerprint density at radius 1 is 0.513 bits per heavy atom. The summed E-state index contributed by atoms with van der Waals surface area (Å²) >= 11 is 0. The first-order valence-electron chi connectivity index (χ1n) is 13.1. The lowest BCUT2D eigenvalue weighted by Gasteiger charge is -2.27. The molecule has 6 rings (SSSR count). The molecule has 0 aromatic heterocycles. The third-order valence-electron chi connectivity index (χ3n) is 7.30. The van der Waals surface area contributed by atoms with E-state index in [0.29, 0.717) is 0 Å². The molecule has 190 valence electrons. The predicted molar refractivity (Wildman–Crippen MR) is 162 cm³/mol. The fraction of sp³-hybridized carbons (Fsp3) is 0.0556. The summed E-state index contributed by atoms with van der Waals surface area (Å²) in [5.74, 6) is 0.493. The molecule has 0 amide bonds. The molecule has 2 N–H and O–H groups in total. The highest BCUT2D eigenvalue weighted by Crippen LogP contribution is 2.41. The Kier molecular flexibility index (Phi) is 6.26. The van der Waals surface area contributed by atoms with E-state index in [1.807, 2.05) is 38.1 Å². The van der Waals surface area contributed by atoms with Gasteiger partial charge in [-0.25, -0.2) is 0 Å². The maximum Gasteiger partial charge on any atom is 0.123 e. The largest absolute Gasteiger partial charge is 0.508 e. The van der Waals surface area contributed by atoms with Crippen LogP contribution in [0, 0.1) is 13.8 Å². The van der Waals surface area contributed by atoms with E-state index in [2.05, 4.69) is 95.9 Å². The normalized spacial score (nSPS) is 11.0. The molecule has 3 nitrogen and oxygen atoms in total. The first kappa shape index (κ1) is 24.3. The molecule has 0 fully saturated rings. The zero-order chi connectivity index (χ0) is 26.9. The number of anilines is 3. The zero-order valence-corrected chi connectivity index (χ0v) is 22.0. The molecule has 0 heterocycles. The van der Waals surface area contributed by atoms with Gasteiger partial charge in [0.2, 0.25) is 0 Å². The molecule has 0 saturated heterocycles. The summed E-state index contributed by atoms with van der Waals surface area (Å²) in [6, 6.07) is 42.8. The van der Waals surface area contributed by atoms with Gasteiger partial charge in [-0.3, -0.25) is 0 Å². The summed E-state index contributed by atoms with van der Waals surface area (Å²) in [5.41, 5.74) is 8.94. The molecule has 6 aromatic carbocycles. The first-order valence-corrected chi connectivity index (χ1v) is 13.1. The second-order valence-corrected chi connectivity index (χ2v) is 9.90. The number of para-hydroxylation sites is 1. The number of hydrogen-bond acceptors (Lipinski definition) is 3. The van der Waals surface area contributed by atoms with Crippen LogP contribution < -0.4 is 4.90 Å². The van der Waals surface area contributed by atoms with Gasteiger partial charge < -0.3 is 15.1 Å². The van der Waals surface area contributed by atoms with E-state index in [1.165, 1.54) is 10.8 Å². The zero-order valence-electron chi connectivity index (χ0n) is 22.0. The number of hydrogen-bond donors (Lipinski definition) is 2.